The second-order valence-electron chi connectivity index (χ2n) is 6.06. The lowest BCUT2D eigenvalue weighted by Crippen LogP contribution is -2.29. The number of alkyl halides is 6. The number of halogens is 6. The smallest absolute Gasteiger partial charge is 0.434 e. The number of nitrogens with zero attached hydrogens (tertiary/aromatic N) is 1. The van der Waals surface area contributed by atoms with Crippen LogP contribution in [0, 0.1) is 0 Å². The molecule has 11 heteroatoms. The van der Waals surface area contributed by atoms with Crippen LogP contribution in [-0.2, 0) is 21.8 Å². The van der Waals surface area contributed by atoms with Gasteiger partial charge in [0.15, 0.2) is 11.4 Å². The first kappa shape index (κ1) is 23.4. The van der Waals surface area contributed by atoms with E-state index in [0.29, 0.717) is 0 Å². The number of hydrogen-bond donors (Lipinski definition) is 0. The third kappa shape index (κ3) is 4.82. The molecule has 0 radical (unpaired) electrons. The van der Waals surface area contributed by atoms with Crippen LogP contribution in [0.25, 0.3) is 0 Å². The third-order valence-corrected chi connectivity index (χ3v) is 4.08. The molecule has 0 aliphatic heterocycles. The topological polar surface area (TPSA) is 65.5 Å². The number of esters is 2. The van der Waals surface area contributed by atoms with Gasteiger partial charge < -0.3 is 9.47 Å². The van der Waals surface area contributed by atoms with E-state index >= 15 is 0 Å². The first-order chi connectivity index (χ1) is 13.9. The number of ether oxygens (including phenoxy) is 2. The third-order valence-electron chi connectivity index (χ3n) is 4.08. The average Bonchev–Trinajstić information content (AvgIpc) is 2.65. The second-order valence-corrected chi connectivity index (χ2v) is 6.06. The van der Waals surface area contributed by atoms with Crippen molar-refractivity contribution in [1.29, 1.82) is 0 Å². The molecule has 1 aromatic heterocycles. The Morgan fingerprint density at radius 1 is 0.933 bits per heavy atom. The van der Waals surface area contributed by atoms with E-state index in [1.165, 1.54) is 38.2 Å². The Morgan fingerprint density at radius 3 is 1.73 bits per heavy atom. The van der Waals surface area contributed by atoms with Gasteiger partial charge in [0.05, 0.1) is 24.3 Å². The maximum Gasteiger partial charge on any atom is 0.434 e. The van der Waals surface area contributed by atoms with Crippen molar-refractivity contribution in [3.05, 3.63) is 52.4 Å². The zero-order chi connectivity index (χ0) is 22.7. The summed E-state index contributed by atoms with van der Waals surface area (Å²) in [7, 11) is 0. The minimum Gasteiger partial charge on any atom is -0.462 e. The first-order valence-electron chi connectivity index (χ1n) is 8.83. The summed E-state index contributed by atoms with van der Waals surface area (Å²) in [5.41, 5.74) is -7.38. The molecular formula is C19H17F6NO4. The molecule has 0 aromatic carbocycles. The summed E-state index contributed by atoms with van der Waals surface area (Å²) < 4.78 is 91.3. The minimum atomic E-state index is -5.42. The van der Waals surface area contributed by atoms with E-state index in [9.17, 15) is 35.9 Å². The highest BCUT2D eigenvalue weighted by Crippen LogP contribution is 2.43. The zero-order valence-electron chi connectivity index (χ0n) is 15.9. The lowest BCUT2D eigenvalue weighted by Gasteiger charge is -2.25. The van der Waals surface area contributed by atoms with E-state index < -0.39 is 58.3 Å². The molecule has 5 nitrogen and oxygen atoms in total. The fraction of sp³-hybridized carbons (Fsp3) is 0.421. The highest BCUT2D eigenvalue weighted by molar-refractivity contribution is 6.00. The molecule has 0 amide bonds. The predicted molar refractivity (Wildman–Crippen MR) is 91.8 cm³/mol. The van der Waals surface area contributed by atoms with Crippen molar-refractivity contribution in [1.82, 2.24) is 4.98 Å². The van der Waals surface area contributed by atoms with Crippen molar-refractivity contribution in [2.45, 2.75) is 38.5 Å². The Morgan fingerprint density at radius 2 is 1.40 bits per heavy atom. The van der Waals surface area contributed by atoms with Crippen LogP contribution in [0.4, 0.5) is 26.3 Å². The maximum absolute atomic E-state index is 13.7. The number of carbonyl (C=O) groups excluding carboxylic acids is 2. The monoisotopic (exact) mass is 437 g/mol. The van der Waals surface area contributed by atoms with E-state index in [2.05, 4.69) is 14.5 Å². The van der Waals surface area contributed by atoms with Gasteiger partial charge in [-0.15, -0.1) is 0 Å². The van der Waals surface area contributed by atoms with E-state index in [1.807, 2.05) is 0 Å². The second kappa shape index (κ2) is 8.88. The van der Waals surface area contributed by atoms with Crippen LogP contribution in [-0.4, -0.2) is 30.1 Å². The molecule has 1 aliphatic rings. The van der Waals surface area contributed by atoms with Crippen LogP contribution in [0.3, 0.4) is 0 Å². The predicted octanol–water partition coefficient (Wildman–Crippen LogP) is 5.07. The van der Waals surface area contributed by atoms with Gasteiger partial charge in [-0.1, -0.05) is 24.3 Å². The van der Waals surface area contributed by atoms with Crippen LogP contribution < -0.4 is 0 Å². The van der Waals surface area contributed by atoms with Crippen LogP contribution in [0.1, 0.15) is 63.9 Å². The van der Waals surface area contributed by atoms with Crippen LogP contribution >= 0.6 is 0 Å². The Hall–Kier alpha value is -2.85. The normalized spacial score (nSPS) is 16.5. The lowest BCUT2D eigenvalue weighted by atomic mass is 9.84. The van der Waals surface area contributed by atoms with Gasteiger partial charge in [-0.25, -0.2) is 14.6 Å². The molecule has 30 heavy (non-hydrogen) atoms. The average molecular weight is 437 g/mol. The van der Waals surface area contributed by atoms with E-state index in [4.69, 9.17) is 0 Å². The maximum atomic E-state index is 13.7. The van der Waals surface area contributed by atoms with Crippen molar-refractivity contribution < 1.29 is 45.4 Å². The molecule has 2 rings (SSSR count). The van der Waals surface area contributed by atoms with E-state index in [0.717, 1.165) is 0 Å². The summed E-state index contributed by atoms with van der Waals surface area (Å²) >= 11 is 0. The molecule has 1 atom stereocenters. The molecule has 1 aliphatic carbocycles. The standard InChI is InChI=1S/C19H17F6NO4/c1-3-29-16(27)12-11(10-8-6-5-7-9-10)13(17(28)30-4-2)15(19(23,24)25)26-14(12)18(20,21)22/h5-8,10H,3-4,9H2,1-2H3. The molecule has 0 fully saturated rings. The fourth-order valence-electron chi connectivity index (χ4n) is 3.00. The van der Waals surface area contributed by atoms with Crippen LogP contribution in [0.5, 0.6) is 0 Å². The quantitative estimate of drug-likeness (QED) is 0.475. The molecular weight excluding hydrogens is 420 g/mol. The number of rotatable bonds is 5. The molecule has 0 saturated heterocycles. The molecule has 0 bridgehead atoms. The largest absolute Gasteiger partial charge is 0.462 e. The molecule has 1 unspecified atom stereocenters. The Labute approximate surface area is 167 Å². The van der Waals surface area contributed by atoms with Gasteiger partial charge in [0.1, 0.15) is 0 Å². The number of pyridine rings is 1. The van der Waals surface area contributed by atoms with Crippen LogP contribution in [0.15, 0.2) is 24.3 Å². The number of aromatic nitrogens is 1. The van der Waals surface area contributed by atoms with Crippen molar-refractivity contribution >= 4 is 11.9 Å². The molecule has 164 valence electrons. The van der Waals surface area contributed by atoms with Crippen molar-refractivity contribution in [2.24, 2.45) is 0 Å². The van der Waals surface area contributed by atoms with Gasteiger partial charge in [0.25, 0.3) is 0 Å². The number of hydrogen-bond acceptors (Lipinski definition) is 5. The SMILES string of the molecule is CCOC(=O)c1c(C(F)(F)F)nc(C(F)(F)F)c(C(=O)OCC)c1C1C=CC=CC1. The lowest BCUT2D eigenvalue weighted by molar-refractivity contribution is -0.151. The molecule has 0 spiro atoms. The highest BCUT2D eigenvalue weighted by Gasteiger charge is 2.48. The summed E-state index contributed by atoms with van der Waals surface area (Å²) in [6.07, 6.45) is -5.19. The van der Waals surface area contributed by atoms with Gasteiger partial charge in [0, 0.05) is 5.92 Å². The first-order valence-corrected chi connectivity index (χ1v) is 8.83. The van der Waals surface area contributed by atoms with Gasteiger partial charge in [-0.2, -0.15) is 26.3 Å². The fourth-order valence-corrected chi connectivity index (χ4v) is 3.00. The molecule has 0 N–H and O–H groups in total. The number of allylic oxidation sites excluding steroid dienone is 4. The molecule has 1 heterocycles. The summed E-state index contributed by atoms with van der Waals surface area (Å²) in [5.74, 6) is -4.21. The van der Waals surface area contributed by atoms with E-state index in [-0.39, 0.29) is 19.6 Å². The zero-order valence-corrected chi connectivity index (χ0v) is 15.9. The van der Waals surface area contributed by atoms with Gasteiger partial charge >= 0.3 is 24.3 Å². The van der Waals surface area contributed by atoms with Gasteiger partial charge in [-0.3, -0.25) is 0 Å². The van der Waals surface area contributed by atoms with Gasteiger partial charge in [-0.05, 0) is 25.8 Å². The van der Waals surface area contributed by atoms with Crippen molar-refractivity contribution in [3.63, 3.8) is 0 Å². The summed E-state index contributed by atoms with van der Waals surface area (Å²) in [4.78, 5) is 27.5. The van der Waals surface area contributed by atoms with E-state index in [1.54, 1.807) is 0 Å². The summed E-state index contributed by atoms with van der Waals surface area (Å²) in [6, 6.07) is 0. The Kier molecular flexibility index (Phi) is 6.94. The Bertz CT molecular complexity index is 832. The molecule has 1 aromatic rings. The minimum absolute atomic E-state index is 0.0477. The summed E-state index contributed by atoms with van der Waals surface area (Å²) in [5, 5.41) is 0. The summed E-state index contributed by atoms with van der Waals surface area (Å²) in [6.45, 7) is 1.95. The van der Waals surface area contributed by atoms with Crippen molar-refractivity contribution in [3.8, 4) is 0 Å². The molecule has 0 saturated carbocycles. The van der Waals surface area contributed by atoms with Crippen molar-refractivity contribution in [2.75, 3.05) is 13.2 Å². The highest BCUT2D eigenvalue weighted by atomic mass is 19.4. The van der Waals surface area contributed by atoms with Crippen LogP contribution in [0.2, 0.25) is 0 Å². The van der Waals surface area contributed by atoms with Gasteiger partial charge in [0.2, 0.25) is 0 Å². The Balaban J connectivity index is 3.05. The number of carbonyl (C=O) groups is 2.